The van der Waals surface area contributed by atoms with Gasteiger partial charge in [-0.15, -0.1) is 0 Å². The molecule has 2 atom stereocenters. The van der Waals surface area contributed by atoms with E-state index < -0.39 is 17.9 Å². The Morgan fingerprint density at radius 1 is 0.800 bits per heavy atom. The van der Waals surface area contributed by atoms with Gasteiger partial charge < -0.3 is 4.90 Å². The smallest absolute Gasteiger partial charge is 0.262 e. The number of allylic oxidation sites excluding steroid dienone is 1. The van der Waals surface area contributed by atoms with Gasteiger partial charge in [0.05, 0.1) is 17.2 Å². The number of likely N-dealkylation sites (tertiary alicyclic amines) is 1. The quantitative estimate of drug-likeness (QED) is 0.641. The molecule has 0 radical (unpaired) electrons. The molecule has 0 N–H and O–H groups in total. The van der Waals surface area contributed by atoms with Crippen LogP contribution in [0.2, 0.25) is 0 Å². The summed E-state index contributed by atoms with van der Waals surface area (Å²) in [7, 11) is 0. The number of nitrogens with zero attached hydrogens (tertiary/aromatic N) is 2. The van der Waals surface area contributed by atoms with E-state index in [1.165, 1.54) is 0 Å². The van der Waals surface area contributed by atoms with Crippen LogP contribution in [0.25, 0.3) is 0 Å². The first-order chi connectivity index (χ1) is 12.1. The molecular weight excluding hydrogens is 316 g/mol. The number of hydrogen-bond acceptors (Lipinski definition) is 3. The second kappa shape index (κ2) is 5.70. The topological polar surface area (TPSA) is 57.7 Å². The van der Waals surface area contributed by atoms with Crippen molar-refractivity contribution in [2.45, 2.75) is 19.0 Å². The number of imide groups is 1. The Hall–Kier alpha value is -3.21. The zero-order valence-electron chi connectivity index (χ0n) is 13.6. The Kier molecular flexibility index (Phi) is 3.50. The molecule has 25 heavy (non-hydrogen) atoms. The maximum atomic E-state index is 12.7. The van der Waals surface area contributed by atoms with Crippen LogP contribution >= 0.6 is 0 Å². The highest BCUT2D eigenvalue weighted by molar-refractivity contribution is 6.23. The summed E-state index contributed by atoms with van der Waals surface area (Å²) in [6.45, 7) is 1.82. The van der Waals surface area contributed by atoms with Gasteiger partial charge in [0, 0.05) is 6.20 Å². The Morgan fingerprint density at radius 3 is 1.92 bits per heavy atom. The fraction of sp³-hybridized carbons (Fsp3) is 0.150. The number of carbonyl (C=O) groups excluding carboxylic acids is 3. The highest BCUT2D eigenvalue weighted by Crippen LogP contribution is 2.41. The summed E-state index contributed by atoms with van der Waals surface area (Å²) in [6.07, 6.45) is 3.46. The molecule has 1 saturated heterocycles. The summed E-state index contributed by atoms with van der Waals surface area (Å²) in [5, 5.41) is 0. The molecule has 0 aliphatic carbocycles. The van der Waals surface area contributed by atoms with Crippen LogP contribution in [0.15, 0.2) is 66.9 Å². The lowest BCUT2D eigenvalue weighted by Crippen LogP contribution is -2.64. The number of rotatable bonds is 3. The standard InChI is InChI=1S/C20H16N2O3/c1-2-12-21-16(13-8-4-3-5-9-13)17(20(21)25)22-18(23)14-10-6-7-11-15(14)19(22)24/h2-12,16-17H,1H3/b12-2+/t16-,17-/m1/s1. The van der Waals surface area contributed by atoms with Gasteiger partial charge in [-0.2, -0.15) is 0 Å². The molecule has 0 aromatic heterocycles. The van der Waals surface area contributed by atoms with E-state index in [1.54, 1.807) is 41.4 Å². The molecule has 2 aliphatic heterocycles. The average molecular weight is 332 g/mol. The minimum Gasteiger partial charge on any atom is -0.307 e. The summed E-state index contributed by atoms with van der Waals surface area (Å²) in [5.74, 6) is -1.05. The van der Waals surface area contributed by atoms with Gasteiger partial charge in [0.2, 0.25) is 0 Å². The third-order valence-electron chi connectivity index (χ3n) is 4.66. The van der Waals surface area contributed by atoms with Crippen LogP contribution in [-0.2, 0) is 4.79 Å². The van der Waals surface area contributed by atoms with Crippen LogP contribution < -0.4 is 0 Å². The number of carbonyl (C=O) groups is 3. The molecule has 2 heterocycles. The van der Waals surface area contributed by atoms with Crippen molar-refractivity contribution in [2.75, 3.05) is 0 Å². The first-order valence-electron chi connectivity index (χ1n) is 8.12. The second-order valence-corrected chi connectivity index (χ2v) is 6.05. The summed E-state index contributed by atoms with van der Waals surface area (Å²) in [5.41, 5.74) is 1.61. The number of hydrogen-bond donors (Lipinski definition) is 0. The van der Waals surface area contributed by atoms with E-state index in [0.717, 1.165) is 10.5 Å². The summed E-state index contributed by atoms with van der Waals surface area (Å²) < 4.78 is 0. The molecule has 2 aromatic rings. The highest BCUT2D eigenvalue weighted by atomic mass is 16.2. The first-order valence-corrected chi connectivity index (χ1v) is 8.12. The SMILES string of the molecule is C/C=C/N1C(=O)[C@H](N2C(=O)c3ccccc3C2=O)[C@H]1c1ccccc1. The molecule has 2 aliphatic rings. The lowest BCUT2D eigenvalue weighted by Gasteiger charge is -2.48. The van der Waals surface area contributed by atoms with E-state index in [4.69, 9.17) is 0 Å². The van der Waals surface area contributed by atoms with E-state index in [0.29, 0.717) is 11.1 Å². The van der Waals surface area contributed by atoms with Crippen molar-refractivity contribution in [1.82, 2.24) is 9.80 Å². The van der Waals surface area contributed by atoms with Gasteiger partial charge in [0.25, 0.3) is 17.7 Å². The van der Waals surface area contributed by atoms with E-state index in [2.05, 4.69) is 0 Å². The number of β-lactam (4-membered cyclic amide) rings is 1. The zero-order valence-corrected chi connectivity index (χ0v) is 13.6. The predicted molar refractivity (Wildman–Crippen MR) is 91.6 cm³/mol. The van der Waals surface area contributed by atoms with E-state index in [9.17, 15) is 14.4 Å². The molecule has 0 bridgehead atoms. The van der Waals surface area contributed by atoms with E-state index in [1.807, 2.05) is 37.3 Å². The van der Waals surface area contributed by atoms with E-state index >= 15 is 0 Å². The van der Waals surface area contributed by atoms with Crippen LogP contribution in [0.4, 0.5) is 0 Å². The van der Waals surface area contributed by atoms with Gasteiger partial charge in [-0.05, 0) is 24.6 Å². The Balaban J connectivity index is 1.76. The average Bonchev–Trinajstić information content (AvgIpc) is 2.89. The Morgan fingerprint density at radius 2 is 1.36 bits per heavy atom. The summed E-state index contributed by atoms with van der Waals surface area (Å²) in [4.78, 5) is 40.9. The maximum absolute atomic E-state index is 12.7. The molecule has 0 unspecified atom stereocenters. The molecule has 0 spiro atoms. The van der Waals surface area contributed by atoms with Crippen LogP contribution in [0.3, 0.4) is 0 Å². The minimum absolute atomic E-state index is 0.249. The summed E-state index contributed by atoms with van der Waals surface area (Å²) >= 11 is 0. The Labute approximate surface area is 145 Å². The van der Waals surface area contributed by atoms with Crippen LogP contribution in [0.1, 0.15) is 39.2 Å². The molecule has 2 aromatic carbocycles. The molecular formula is C20H16N2O3. The van der Waals surface area contributed by atoms with Gasteiger partial charge in [-0.25, -0.2) is 0 Å². The summed E-state index contributed by atoms with van der Waals surface area (Å²) in [6, 6.07) is 15.0. The van der Waals surface area contributed by atoms with Crippen molar-refractivity contribution in [3.8, 4) is 0 Å². The van der Waals surface area contributed by atoms with Crippen molar-refractivity contribution >= 4 is 17.7 Å². The van der Waals surface area contributed by atoms with Crippen LogP contribution in [0, 0.1) is 0 Å². The number of fused-ring (bicyclic) bond motifs is 1. The molecule has 4 rings (SSSR count). The molecule has 124 valence electrons. The van der Waals surface area contributed by atoms with Crippen molar-refractivity contribution < 1.29 is 14.4 Å². The molecule has 5 nitrogen and oxygen atoms in total. The maximum Gasteiger partial charge on any atom is 0.262 e. The van der Waals surface area contributed by atoms with Crippen molar-refractivity contribution in [3.63, 3.8) is 0 Å². The van der Waals surface area contributed by atoms with Gasteiger partial charge >= 0.3 is 0 Å². The largest absolute Gasteiger partial charge is 0.307 e. The van der Waals surface area contributed by atoms with Crippen molar-refractivity contribution in [1.29, 1.82) is 0 Å². The third-order valence-corrected chi connectivity index (χ3v) is 4.66. The van der Waals surface area contributed by atoms with Crippen molar-refractivity contribution in [2.24, 2.45) is 0 Å². The predicted octanol–water partition coefficient (Wildman–Crippen LogP) is 2.77. The fourth-order valence-corrected chi connectivity index (χ4v) is 3.53. The molecule has 1 fully saturated rings. The Bertz CT molecular complexity index is 869. The van der Waals surface area contributed by atoms with Gasteiger partial charge in [-0.3, -0.25) is 19.3 Å². The normalized spacial score (nSPS) is 22.5. The third kappa shape index (κ3) is 2.12. The molecule has 0 saturated carbocycles. The second-order valence-electron chi connectivity index (χ2n) is 6.05. The van der Waals surface area contributed by atoms with Gasteiger partial charge in [-0.1, -0.05) is 48.5 Å². The first kappa shape index (κ1) is 15.3. The monoisotopic (exact) mass is 332 g/mol. The minimum atomic E-state index is -0.814. The fourth-order valence-electron chi connectivity index (χ4n) is 3.53. The zero-order chi connectivity index (χ0) is 17.6. The lowest BCUT2D eigenvalue weighted by molar-refractivity contribution is -0.150. The number of benzene rings is 2. The number of amides is 3. The molecule has 5 heteroatoms. The van der Waals surface area contributed by atoms with Gasteiger partial charge in [0.15, 0.2) is 0 Å². The van der Waals surface area contributed by atoms with E-state index in [-0.39, 0.29) is 11.9 Å². The highest BCUT2D eigenvalue weighted by Gasteiger charge is 2.56. The molecule has 3 amide bonds. The van der Waals surface area contributed by atoms with Crippen LogP contribution in [0.5, 0.6) is 0 Å². The van der Waals surface area contributed by atoms with Crippen LogP contribution in [-0.4, -0.2) is 33.6 Å². The van der Waals surface area contributed by atoms with Crippen molar-refractivity contribution in [3.05, 3.63) is 83.6 Å². The lowest BCUT2D eigenvalue weighted by atomic mass is 9.87. The van der Waals surface area contributed by atoms with Gasteiger partial charge in [0.1, 0.15) is 6.04 Å².